The summed E-state index contributed by atoms with van der Waals surface area (Å²) in [6.07, 6.45) is 0.170. The molecule has 0 saturated heterocycles. The van der Waals surface area contributed by atoms with Crippen molar-refractivity contribution in [2.75, 3.05) is 0 Å². The monoisotopic (exact) mass is 353 g/mol. The largest absolute Gasteiger partial charge is 0.464 e. The van der Waals surface area contributed by atoms with Crippen LogP contribution in [0.1, 0.15) is 43.2 Å². The van der Waals surface area contributed by atoms with Crippen LogP contribution in [-0.2, 0) is 6.42 Å². The molecule has 0 fully saturated rings. The summed E-state index contributed by atoms with van der Waals surface area (Å²) in [6.45, 7) is 6.01. The number of aromatic nitrogens is 1. The molecule has 1 atom stereocenters. The Labute approximate surface area is 144 Å². The van der Waals surface area contributed by atoms with Gasteiger partial charge in [0.1, 0.15) is 0 Å². The topological polar surface area (TPSA) is 59.3 Å². The molecule has 4 nitrogen and oxygen atoms in total. The highest BCUT2D eigenvalue weighted by Gasteiger charge is 2.40. The second-order valence-corrected chi connectivity index (χ2v) is 7.86. The van der Waals surface area contributed by atoms with Crippen molar-refractivity contribution < 1.29 is 14.7 Å². The standard InChI is InChI=1S/C17H17Cl2NO3/c1-17(2,3)10-5-4-8-9-6-11(18)12(19)7-13(9)20(16(22)23)14(8)15(10)21/h6-7,10H,4-5H2,1-3H3,(H,22,23). The molecular weight excluding hydrogens is 337 g/mol. The number of rotatable bonds is 0. The number of halogens is 2. The average Bonchev–Trinajstić information content (AvgIpc) is 2.73. The Morgan fingerprint density at radius 2 is 1.87 bits per heavy atom. The molecule has 0 radical (unpaired) electrons. The third-order valence-electron chi connectivity index (χ3n) is 4.58. The van der Waals surface area contributed by atoms with Crippen LogP contribution in [0.15, 0.2) is 12.1 Å². The Bertz CT molecular complexity index is 846. The minimum atomic E-state index is -1.18. The predicted molar refractivity (Wildman–Crippen MR) is 91.0 cm³/mol. The van der Waals surface area contributed by atoms with E-state index < -0.39 is 6.09 Å². The Kier molecular flexibility index (Phi) is 3.73. The van der Waals surface area contributed by atoms with Crippen LogP contribution in [-0.4, -0.2) is 21.6 Å². The Balaban J connectivity index is 2.35. The van der Waals surface area contributed by atoms with Crippen LogP contribution in [0.5, 0.6) is 0 Å². The number of hydrogen-bond acceptors (Lipinski definition) is 2. The highest BCUT2D eigenvalue weighted by atomic mass is 35.5. The van der Waals surface area contributed by atoms with E-state index in [-0.39, 0.29) is 27.8 Å². The highest BCUT2D eigenvalue weighted by molar-refractivity contribution is 6.43. The van der Waals surface area contributed by atoms with Crippen molar-refractivity contribution in [3.63, 3.8) is 0 Å². The first-order valence-corrected chi connectivity index (χ1v) is 8.18. The number of nitrogens with zero attached hydrogens (tertiary/aromatic N) is 1. The molecular formula is C17H17Cl2NO3. The fourth-order valence-corrected chi connectivity index (χ4v) is 3.79. The smallest absolute Gasteiger partial charge is 0.416 e. The summed E-state index contributed by atoms with van der Waals surface area (Å²) in [7, 11) is 0. The maximum absolute atomic E-state index is 13.0. The number of benzene rings is 1. The van der Waals surface area contributed by atoms with E-state index in [1.54, 1.807) is 6.07 Å². The summed E-state index contributed by atoms with van der Waals surface area (Å²) in [5.41, 5.74) is 1.22. The van der Waals surface area contributed by atoms with E-state index in [1.807, 2.05) is 20.8 Å². The van der Waals surface area contributed by atoms with Crippen molar-refractivity contribution in [2.24, 2.45) is 11.3 Å². The van der Waals surface area contributed by atoms with Gasteiger partial charge in [0.15, 0.2) is 5.78 Å². The first-order valence-electron chi connectivity index (χ1n) is 7.42. The van der Waals surface area contributed by atoms with E-state index in [2.05, 4.69) is 0 Å². The van der Waals surface area contributed by atoms with Crippen molar-refractivity contribution >= 4 is 46.0 Å². The Hall–Kier alpha value is -1.52. The first-order chi connectivity index (χ1) is 10.6. The van der Waals surface area contributed by atoms with Gasteiger partial charge in [0.2, 0.25) is 0 Å². The molecule has 0 spiro atoms. The molecule has 1 heterocycles. The molecule has 0 saturated carbocycles. The van der Waals surface area contributed by atoms with Gasteiger partial charge in [-0.25, -0.2) is 9.36 Å². The number of fused-ring (bicyclic) bond motifs is 3. The van der Waals surface area contributed by atoms with Gasteiger partial charge in [-0.2, -0.15) is 0 Å². The maximum Gasteiger partial charge on any atom is 0.416 e. The minimum absolute atomic E-state index is 0.121. The van der Waals surface area contributed by atoms with Gasteiger partial charge in [0.05, 0.1) is 21.3 Å². The molecule has 1 aromatic heterocycles. The quantitative estimate of drug-likeness (QED) is 0.702. The molecule has 122 valence electrons. The second kappa shape index (κ2) is 5.25. The summed E-state index contributed by atoms with van der Waals surface area (Å²) in [6, 6.07) is 3.17. The lowest BCUT2D eigenvalue weighted by molar-refractivity contribution is 0.0776. The van der Waals surface area contributed by atoms with Gasteiger partial charge in [-0.05, 0) is 36.0 Å². The molecule has 23 heavy (non-hydrogen) atoms. The minimum Gasteiger partial charge on any atom is -0.464 e. The summed E-state index contributed by atoms with van der Waals surface area (Å²) >= 11 is 12.1. The predicted octanol–water partition coefficient (Wildman–Crippen LogP) is 5.27. The highest BCUT2D eigenvalue weighted by Crippen LogP contribution is 2.42. The zero-order chi connectivity index (χ0) is 17.1. The number of carboxylic acid groups (broad SMARTS) is 1. The average molecular weight is 354 g/mol. The molecule has 1 N–H and O–H groups in total. The van der Waals surface area contributed by atoms with Gasteiger partial charge in [0, 0.05) is 11.3 Å². The molecule has 0 bridgehead atoms. The van der Waals surface area contributed by atoms with E-state index in [4.69, 9.17) is 23.2 Å². The van der Waals surface area contributed by atoms with Gasteiger partial charge in [-0.3, -0.25) is 4.79 Å². The van der Waals surface area contributed by atoms with Crippen molar-refractivity contribution in [3.05, 3.63) is 33.4 Å². The van der Waals surface area contributed by atoms with Crippen LogP contribution in [0, 0.1) is 11.3 Å². The van der Waals surface area contributed by atoms with Crippen molar-refractivity contribution in [2.45, 2.75) is 33.6 Å². The van der Waals surface area contributed by atoms with E-state index in [1.165, 1.54) is 6.07 Å². The van der Waals surface area contributed by atoms with E-state index in [0.717, 1.165) is 10.1 Å². The van der Waals surface area contributed by atoms with E-state index in [9.17, 15) is 14.7 Å². The maximum atomic E-state index is 13.0. The molecule has 3 rings (SSSR count). The van der Waals surface area contributed by atoms with Gasteiger partial charge in [-0.1, -0.05) is 44.0 Å². The number of carbonyl (C=O) groups is 2. The van der Waals surface area contributed by atoms with Crippen LogP contribution < -0.4 is 0 Å². The fourth-order valence-electron chi connectivity index (χ4n) is 3.47. The van der Waals surface area contributed by atoms with Crippen molar-refractivity contribution in [1.82, 2.24) is 4.57 Å². The lowest BCUT2D eigenvalue weighted by atomic mass is 9.71. The SMILES string of the molecule is CC(C)(C)C1CCc2c(n(C(=O)O)c3cc(Cl)c(Cl)cc23)C1=O. The summed E-state index contributed by atoms with van der Waals surface area (Å²) in [5, 5.41) is 11.0. The zero-order valence-electron chi connectivity index (χ0n) is 13.1. The second-order valence-electron chi connectivity index (χ2n) is 7.05. The Morgan fingerprint density at radius 1 is 1.26 bits per heavy atom. The van der Waals surface area contributed by atoms with Gasteiger partial charge >= 0.3 is 6.09 Å². The molecule has 1 unspecified atom stereocenters. The summed E-state index contributed by atoms with van der Waals surface area (Å²) < 4.78 is 1.06. The fraction of sp³-hybridized carbons (Fsp3) is 0.412. The molecule has 1 aliphatic carbocycles. The van der Waals surface area contributed by atoms with Crippen LogP contribution in [0.25, 0.3) is 10.9 Å². The third-order valence-corrected chi connectivity index (χ3v) is 5.31. The summed E-state index contributed by atoms with van der Waals surface area (Å²) in [4.78, 5) is 24.8. The van der Waals surface area contributed by atoms with Gasteiger partial charge in [0.25, 0.3) is 0 Å². The van der Waals surface area contributed by atoms with Crippen LogP contribution in [0.3, 0.4) is 0 Å². The lowest BCUT2D eigenvalue weighted by Gasteiger charge is -2.32. The molecule has 0 amide bonds. The lowest BCUT2D eigenvalue weighted by Crippen LogP contribution is -2.35. The number of hydrogen-bond donors (Lipinski definition) is 1. The van der Waals surface area contributed by atoms with E-state index >= 15 is 0 Å². The van der Waals surface area contributed by atoms with Crippen LogP contribution in [0.2, 0.25) is 10.0 Å². The molecule has 6 heteroatoms. The normalized spacial score (nSPS) is 18.3. The molecule has 2 aromatic rings. The van der Waals surface area contributed by atoms with Gasteiger partial charge < -0.3 is 5.11 Å². The number of aryl methyl sites for hydroxylation is 1. The van der Waals surface area contributed by atoms with Crippen molar-refractivity contribution in [3.8, 4) is 0 Å². The number of carbonyl (C=O) groups excluding carboxylic acids is 1. The molecule has 1 aliphatic rings. The van der Waals surface area contributed by atoms with Crippen LogP contribution in [0.4, 0.5) is 4.79 Å². The first kappa shape index (κ1) is 16.3. The summed E-state index contributed by atoms with van der Waals surface area (Å²) in [5.74, 6) is -0.326. The number of Topliss-reactive ketones (excluding diaryl/α,β-unsaturated/α-hetero) is 1. The zero-order valence-corrected chi connectivity index (χ0v) is 14.6. The molecule has 1 aromatic carbocycles. The molecule has 0 aliphatic heterocycles. The third kappa shape index (κ3) is 2.45. The Morgan fingerprint density at radius 3 is 2.43 bits per heavy atom. The number of ketones is 1. The van der Waals surface area contributed by atoms with Crippen LogP contribution >= 0.6 is 23.2 Å². The van der Waals surface area contributed by atoms with Crippen molar-refractivity contribution in [1.29, 1.82) is 0 Å². The van der Waals surface area contributed by atoms with E-state index in [0.29, 0.717) is 28.8 Å². The van der Waals surface area contributed by atoms with Gasteiger partial charge in [-0.15, -0.1) is 0 Å².